The Morgan fingerprint density at radius 2 is 1.53 bits per heavy atom. The first-order chi connectivity index (χ1) is 13.7. The van der Waals surface area contributed by atoms with E-state index in [0.717, 1.165) is 44.4 Å². The van der Waals surface area contributed by atoms with Gasteiger partial charge in [0.05, 0.1) is 6.10 Å². The molecule has 3 radical (unpaired) electrons. The minimum atomic E-state index is -0.401. The molecule has 6 nitrogen and oxygen atoms in total. The van der Waals surface area contributed by atoms with E-state index in [0.29, 0.717) is 19.4 Å². The van der Waals surface area contributed by atoms with Crippen molar-refractivity contribution in [2.24, 2.45) is 0 Å². The number of carbonyl (C=O) groups is 1. The van der Waals surface area contributed by atoms with E-state index in [1.807, 2.05) is 48.8 Å². The summed E-state index contributed by atoms with van der Waals surface area (Å²) >= 11 is 0. The maximum absolute atomic E-state index is 11.4. The van der Waals surface area contributed by atoms with E-state index in [4.69, 9.17) is 9.47 Å². The molecule has 3 N–H and O–H groups in total. The minimum Gasteiger partial charge on any atom is -1.00 e. The van der Waals surface area contributed by atoms with Gasteiger partial charge in [-0.3, -0.25) is 4.79 Å². The van der Waals surface area contributed by atoms with Gasteiger partial charge in [-0.05, 0) is 35.4 Å². The molecule has 4 aromatic rings. The first-order valence-corrected chi connectivity index (χ1v) is 9.32. The molecule has 147 valence electrons. The Labute approximate surface area is 199 Å². The van der Waals surface area contributed by atoms with Crippen molar-refractivity contribution in [2.75, 3.05) is 13.2 Å². The summed E-state index contributed by atoms with van der Waals surface area (Å²) in [6.07, 6.45) is 4.57. The molecule has 0 saturated heterocycles. The van der Waals surface area contributed by atoms with Crippen molar-refractivity contribution in [1.82, 2.24) is 9.97 Å². The number of rotatable bonds is 0. The van der Waals surface area contributed by atoms with Crippen molar-refractivity contribution in [3.8, 4) is 11.5 Å². The number of Topliss-reactive ketones (excluding diaryl/α,β-unsaturated/α-hetero) is 1. The summed E-state index contributed by atoms with van der Waals surface area (Å²) in [5, 5.41) is 11.8. The van der Waals surface area contributed by atoms with Crippen LogP contribution in [0.4, 0.5) is 0 Å². The summed E-state index contributed by atoms with van der Waals surface area (Å²) in [6, 6.07) is 11.7. The van der Waals surface area contributed by atoms with Crippen LogP contribution in [0, 0.1) is 0 Å². The monoisotopic (exact) mass is 411 g/mol. The van der Waals surface area contributed by atoms with Gasteiger partial charge >= 0.3 is 29.6 Å². The Kier molecular flexibility index (Phi) is 6.98. The molecule has 0 saturated carbocycles. The van der Waals surface area contributed by atoms with E-state index >= 15 is 0 Å². The molecule has 0 fully saturated rings. The normalized spacial score (nSPS) is 16.7. The van der Waals surface area contributed by atoms with Gasteiger partial charge in [-0.1, -0.05) is 12.1 Å². The summed E-state index contributed by atoms with van der Waals surface area (Å²) < 4.78 is 10.9. The van der Waals surface area contributed by atoms with E-state index in [-0.39, 0.29) is 51.8 Å². The number of hydrogen-bond acceptors (Lipinski definition) is 4. The molecule has 4 heterocycles. The fraction of sp³-hybridized carbons (Fsp3) is 0.227. The van der Waals surface area contributed by atoms with Gasteiger partial charge in [-0.15, -0.1) is 0 Å². The average molecular weight is 411 g/mol. The SMILES string of the molecule is O=C1COc2cccc3[nH]cc(c23)C1.OC1COc2cccc3[nH]cc(c23)C1.[B].[H-].[Na+]. The predicted molar refractivity (Wildman–Crippen MR) is 113 cm³/mol. The summed E-state index contributed by atoms with van der Waals surface area (Å²) in [5.41, 5.74) is 4.29. The molecule has 2 aliphatic heterocycles. The second-order valence-corrected chi connectivity index (χ2v) is 7.16. The van der Waals surface area contributed by atoms with Crippen LogP contribution in [0.5, 0.6) is 11.5 Å². The number of aliphatic hydroxyl groups is 1. The van der Waals surface area contributed by atoms with E-state index < -0.39 is 6.10 Å². The number of ether oxygens (including phenoxy) is 2. The first-order valence-electron chi connectivity index (χ1n) is 9.32. The quantitative estimate of drug-likeness (QED) is 0.352. The number of nitrogens with one attached hydrogen (secondary N) is 2. The smallest absolute Gasteiger partial charge is 1.00 e. The van der Waals surface area contributed by atoms with Crippen LogP contribution >= 0.6 is 0 Å². The molecular weight excluding hydrogens is 390 g/mol. The minimum absolute atomic E-state index is 0. The van der Waals surface area contributed by atoms with Crippen LogP contribution in [0.2, 0.25) is 0 Å². The number of hydrogen-bond donors (Lipinski definition) is 3. The number of H-pyrrole nitrogens is 2. The second-order valence-electron chi connectivity index (χ2n) is 7.16. The second kappa shape index (κ2) is 9.31. The first kappa shape index (κ1) is 22.5. The Morgan fingerprint density at radius 1 is 0.933 bits per heavy atom. The third-order valence-electron chi connectivity index (χ3n) is 5.16. The third-order valence-corrected chi connectivity index (χ3v) is 5.16. The zero-order chi connectivity index (χ0) is 19.1. The number of aliphatic hydroxyl groups excluding tert-OH is 1. The van der Waals surface area contributed by atoms with E-state index in [1.165, 1.54) is 0 Å². The van der Waals surface area contributed by atoms with Crippen LogP contribution in [-0.2, 0) is 17.6 Å². The summed E-state index contributed by atoms with van der Waals surface area (Å²) in [5.74, 6) is 1.81. The third kappa shape index (κ3) is 4.16. The molecule has 30 heavy (non-hydrogen) atoms. The molecule has 1 atom stereocenters. The van der Waals surface area contributed by atoms with Crippen LogP contribution in [-0.4, -0.2) is 48.6 Å². The van der Waals surface area contributed by atoms with Gasteiger partial charge in [0.25, 0.3) is 0 Å². The van der Waals surface area contributed by atoms with Gasteiger partial charge in [-0.25, -0.2) is 0 Å². The van der Waals surface area contributed by atoms with Gasteiger partial charge in [0.15, 0.2) is 5.78 Å². The fourth-order valence-electron chi connectivity index (χ4n) is 3.90. The molecule has 6 rings (SSSR count). The van der Waals surface area contributed by atoms with Gasteiger partial charge in [0.1, 0.15) is 24.7 Å². The van der Waals surface area contributed by atoms with Gasteiger partial charge in [0, 0.05) is 55.5 Å². The zero-order valence-corrected chi connectivity index (χ0v) is 18.8. The Hall–Kier alpha value is -2.19. The number of benzene rings is 2. The molecule has 0 amide bonds. The van der Waals surface area contributed by atoms with Crippen LogP contribution < -0.4 is 39.0 Å². The summed E-state index contributed by atoms with van der Waals surface area (Å²) in [6.45, 7) is 0.571. The Bertz CT molecular complexity index is 1190. The molecule has 0 aliphatic carbocycles. The van der Waals surface area contributed by atoms with Gasteiger partial charge in [0.2, 0.25) is 0 Å². The topological polar surface area (TPSA) is 87.3 Å². The number of ketones is 1. The van der Waals surface area contributed by atoms with Crippen LogP contribution in [0.3, 0.4) is 0 Å². The van der Waals surface area contributed by atoms with Crippen molar-refractivity contribution < 1.29 is 50.4 Å². The Balaban J connectivity index is 0.000000201. The van der Waals surface area contributed by atoms with E-state index in [9.17, 15) is 9.90 Å². The van der Waals surface area contributed by atoms with Crippen LogP contribution in [0.15, 0.2) is 48.8 Å². The molecule has 2 aromatic heterocycles. The number of aromatic nitrogens is 2. The standard InChI is InChI=1S/C11H11NO2.C11H9NO2.B.Na.H/c2*13-8-4-7-5-12-9-2-1-3-10(11(7)9)14-6-8;;;/h1-3,5,8,12-13H,4,6H2;1-3,5,12H,4,6H2;;;/q;;;+1;-1. The molecular formula is C22H21BN2NaO4. The Morgan fingerprint density at radius 3 is 2.23 bits per heavy atom. The van der Waals surface area contributed by atoms with Crippen molar-refractivity contribution >= 4 is 36.0 Å². The molecule has 0 bridgehead atoms. The van der Waals surface area contributed by atoms with Gasteiger partial charge in [-0.2, -0.15) is 0 Å². The number of carbonyl (C=O) groups excluding carboxylic acids is 1. The van der Waals surface area contributed by atoms with Crippen molar-refractivity contribution in [3.63, 3.8) is 0 Å². The maximum atomic E-state index is 11.4. The van der Waals surface area contributed by atoms with E-state index in [2.05, 4.69) is 9.97 Å². The molecule has 2 aromatic carbocycles. The number of aromatic amines is 2. The van der Waals surface area contributed by atoms with Crippen LogP contribution in [0.25, 0.3) is 21.8 Å². The summed E-state index contributed by atoms with van der Waals surface area (Å²) in [4.78, 5) is 17.7. The zero-order valence-electron chi connectivity index (χ0n) is 17.8. The van der Waals surface area contributed by atoms with Gasteiger partial charge < -0.3 is 26.0 Å². The average Bonchev–Trinajstić information content (AvgIpc) is 3.20. The maximum Gasteiger partial charge on any atom is 1.00 e. The van der Waals surface area contributed by atoms with Crippen LogP contribution in [0.1, 0.15) is 12.6 Å². The van der Waals surface area contributed by atoms with Crippen molar-refractivity contribution in [1.29, 1.82) is 0 Å². The molecule has 2 aliphatic rings. The molecule has 0 spiro atoms. The predicted octanol–water partition coefficient (Wildman–Crippen LogP) is -0.129. The van der Waals surface area contributed by atoms with Crippen molar-refractivity contribution in [3.05, 3.63) is 59.9 Å². The molecule has 8 heteroatoms. The fourth-order valence-corrected chi connectivity index (χ4v) is 3.90. The van der Waals surface area contributed by atoms with E-state index in [1.54, 1.807) is 0 Å². The van der Waals surface area contributed by atoms with Crippen molar-refractivity contribution in [2.45, 2.75) is 18.9 Å². The summed E-state index contributed by atoms with van der Waals surface area (Å²) in [7, 11) is 0. The largest absolute Gasteiger partial charge is 1.00 e. The molecule has 1 unspecified atom stereocenters.